The van der Waals surface area contributed by atoms with Crippen LogP contribution in [0.25, 0.3) is 0 Å². The Hall–Kier alpha value is 0.170. The minimum Gasteiger partial charge on any atom is -0.395 e. The monoisotopic (exact) mass is 197 g/mol. The number of aliphatic hydroxyl groups excluding tert-OH is 1. The van der Waals surface area contributed by atoms with E-state index in [2.05, 4.69) is 0 Å². The maximum absolute atomic E-state index is 8.70. The summed E-state index contributed by atoms with van der Waals surface area (Å²) >= 11 is 0. The molecule has 0 aromatic rings. The van der Waals surface area contributed by atoms with Crippen molar-refractivity contribution in [2.75, 3.05) is 6.61 Å². The van der Waals surface area contributed by atoms with Crippen LogP contribution in [0.15, 0.2) is 0 Å². The van der Waals surface area contributed by atoms with Gasteiger partial charge in [0.1, 0.15) is 0 Å². The Morgan fingerprint density at radius 3 is 2.08 bits per heavy atom. The van der Waals surface area contributed by atoms with Gasteiger partial charge in [0, 0.05) is 0 Å². The molecule has 12 heavy (non-hydrogen) atoms. The van der Waals surface area contributed by atoms with Crippen LogP contribution in [-0.2, 0) is 4.74 Å². The number of hydrogen-bond donors (Lipinski definition) is 2. The molecule has 0 saturated heterocycles. The van der Waals surface area contributed by atoms with E-state index in [-0.39, 0.29) is 36.8 Å². The molecule has 0 bridgehead atoms. The summed E-state index contributed by atoms with van der Waals surface area (Å²) in [6.45, 7) is 7.73. The molecule has 0 spiro atoms. The number of ether oxygens (including phenoxy) is 1. The largest absolute Gasteiger partial charge is 0.395 e. The third-order valence-electron chi connectivity index (χ3n) is 1.35. The molecule has 0 amide bonds. The fourth-order valence-corrected chi connectivity index (χ4v) is 0.794. The fourth-order valence-electron chi connectivity index (χ4n) is 0.794. The van der Waals surface area contributed by atoms with E-state index in [1.165, 1.54) is 0 Å². The lowest BCUT2D eigenvalue weighted by Gasteiger charge is -2.27. The summed E-state index contributed by atoms with van der Waals surface area (Å²) in [5, 5.41) is 8.70. The molecule has 3 nitrogen and oxygen atoms in total. The predicted octanol–water partition coefficient (Wildman–Crippen LogP) is 0.931. The molecule has 0 rings (SSSR count). The van der Waals surface area contributed by atoms with E-state index in [0.717, 1.165) is 0 Å². The molecule has 0 aliphatic heterocycles. The summed E-state index contributed by atoms with van der Waals surface area (Å²) in [5.74, 6) is 0. The zero-order valence-electron chi connectivity index (χ0n) is 8.20. The molecule has 2 atom stereocenters. The van der Waals surface area contributed by atoms with Crippen LogP contribution >= 0.6 is 12.4 Å². The molecule has 0 radical (unpaired) electrons. The zero-order chi connectivity index (χ0) is 9.07. The Morgan fingerprint density at radius 2 is 1.83 bits per heavy atom. The summed E-state index contributed by atoms with van der Waals surface area (Å²) in [6, 6.07) is -0.283. The van der Waals surface area contributed by atoms with Crippen LogP contribution in [0.4, 0.5) is 0 Å². The van der Waals surface area contributed by atoms with Crippen molar-refractivity contribution in [3.63, 3.8) is 0 Å². The topological polar surface area (TPSA) is 55.5 Å². The van der Waals surface area contributed by atoms with Gasteiger partial charge in [-0.3, -0.25) is 0 Å². The molecule has 0 heterocycles. The smallest absolute Gasteiger partial charge is 0.0727 e. The van der Waals surface area contributed by atoms with Gasteiger partial charge in [-0.05, 0) is 27.7 Å². The average Bonchev–Trinajstić information content (AvgIpc) is 1.82. The predicted molar refractivity (Wildman–Crippen MR) is 52.6 cm³/mol. The fraction of sp³-hybridized carbons (Fsp3) is 1.00. The van der Waals surface area contributed by atoms with E-state index in [4.69, 9.17) is 15.6 Å². The first-order valence-electron chi connectivity index (χ1n) is 3.91. The second kappa shape index (κ2) is 5.75. The van der Waals surface area contributed by atoms with E-state index in [1.807, 2.05) is 27.7 Å². The molecular formula is C8H20ClNO2. The van der Waals surface area contributed by atoms with E-state index in [1.54, 1.807) is 0 Å². The first-order valence-corrected chi connectivity index (χ1v) is 3.91. The third-order valence-corrected chi connectivity index (χ3v) is 1.35. The van der Waals surface area contributed by atoms with Crippen LogP contribution in [0.5, 0.6) is 0 Å². The summed E-state index contributed by atoms with van der Waals surface area (Å²) in [4.78, 5) is 0. The van der Waals surface area contributed by atoms with Gasteiger partial charge in [-0.2, -0.15) is 0 Å². The van der Waals surface area contributed by atoms with Crippen LogP contribution in [0.3, 0.4) is 0 Å². The summed E-state index contributed by atoms with van der Waals surface area (Å²) in [5.41, 5.74) is 5.36. The molecule has 4 heteroatoms. The number of halogens is 1. The molecule has 0 fully saturated rings. The quantitative estimate of drug-likeness (QED) is 0.708. The average molecular weight is 198 g/mol. The first kappa shape index (κ1) is 14.7. The van der Waals surface area contributed by atoms with Gasteiger partial charge in [-0.15, -0.1) is 12.4 Å². The minimum atomic E-state index is -0.283. The van der Waals surface area contributed by atoms with Gasteiger partial charge in [0.25, 0.3) is 0 Å². The van der Waals surface area contributed by atoms with Gasteiger partial charge in [-0.25, -0.2) is 0 Å². The molecule has 0 unspecified atom stereocenters. The Balaban J connectivity index is 0. The Bertz CT molecular complexity index is 114. The van der Waals surface area contributed by atoms with Crippen molar-refractivity contribution in [3.8, 4) is 0 Å². The van der Waals surface area contributed by atoms with Gasteiger partial charge < -0.3 is 15.6 Å². The summed E-state index contributed by atoms with van der Waals surface area (Å²) in [7, 11) is 0. The van der Waals surface area contributed by atoms with Gasteiger partial charge in [0.2, 0.25) is 0 Å². The second-order valence-corrected chi connectivity index (χ2v) is 3.78. The maximum atomic E-state index is 8.70. The lowest BCUT2D eigenvalue weighted by Crippen LogP contribution is -2.41. The van der Waals surface area contributed by atoms with E-state index >= 15 is 0 Å². The van der Waals surface area contributed by atoms with Crippen molar-refractivity contribution >= 4 is 12.4 Å². The van der Waals surface area contributed by atoms with Gasteiger partial charge in [0.05, 0.1) is 24.4 Å². The van der Waals surface area contributed by atoms with Crippen LogP contribution < -0.4 is 5.73 Å². The second-order valence-electron chi connectivity index (χ2n) is 3.78. The van der Waals surface area contributed by atoms with Crippen molar-refractivity contribution in [1.29, 1.82) is 0 Å². The van der Waals surface area contributed by atoms with E-state index in [0.29, 0.717) is 0 Å². The van der Waals surface area contributed by atoms with Crippen LogP contribution in [0.1, 0.15) is 27.7 Å². The molecule has 0 aromatic heterocycles. The molecule has 0 aliphatic carbocycles. The van der Waals surface area contributed by atoms with Crippen molar-refractivity contribution in [3.05, 3.63) is 0 Å². The highest BCUT2D eigenvalue weighted by atomic mass is 35.5. The Kier molecular flexibility index (Phi) is 7.04. The van der Waals surface area contributed by atoms with Crippen molar-refractivity contribution < 1.29 is 9.84 Å². The van der Waals surface area contributed by atoms with Gasteiger partial charge in [-0.1, -0.05) is 0 Å². The highest BCUT2D eigenvalue weighted by Crippen LogP contribution is 2.11. The van der Waals surface area contributed by atoms with Gasteiger partial charge in [0.15, 0.2) is 0 Å². The number of aliphatic hydroxyl groups is 1. The highest BCUT2D eigenvalue weighted by molar-refractivity contribution is 5.85. The summed E-state index contributed by atoms with van der Waals surface area (Å²) < 4.78 is 5.51. The highest BCUT2D eigenvalue weighted by Gasteiger charge is 2.19. The molecular weight excluding hydrogens is 178 g/mol. The molecule has 0 aliphatic rings. The molecule has 76 valence electrons. The molecule has 0 saturated carbocycles. The maximum Gasteiger partial charge on any atom is 0.0727 e. The van der Waals surface area contributed by atoms with E-state index < -0.39 is 0 Å². The lowest BCUT2D eigenvalue weighted by atomic mass is 10.1. The SMILES string of the molecule is C[C@@H](OC(C)(C)C)[C@H](N)CO.Cl. The standard InChI is InChI=1S/C8H19NO2.ClH/c1-6(7(9)5-10)11-8(2,3)4;/h6-7,10H,5,9H2,1-4H3;1H/t6-,7-;/m1./s1. The molecule has 3 N–H and O–H groups in total. The number of hydrogen-bond acceptors (Lipinski definition) is 3. The Morgan fingerprint density at radius 1 is 1.42 bits per heavy atom. The minimum absolute atomic E-state index is 0. The van der Waals surface area contributed by atoms with Crippen LogP contribution in [-0.4, -0.2) is 29.5 Å². The van der Waals surface area contributed by atoms with Crippen LogP contribution in [0.2, 0.25) is 0 Å². The van der Waals surface area contributed by atoms with Crippen LogP contribution in [0, 0.1) is 0 Å². The number of rotatable bonds is 3. The third kappa shape index (κ3) is 6.85. The Labute approximate surface area is 80.7 Å². The number of nitrogens with two attached hydrogens (primary N) is 1. The van der Waals surface area contributed by atoms with E-state index in [9.17, 15) is 0 Å². The van der Waals surface area contributed by atoms with Gasteiger partial charge >= 0.3 is 0 Å². The normalized spacial score (nSPS) is 16.5. The van der Waals surface area contributed by atoms with Crippen molar-refractivity contribution in [2.24, 2.45) is 5.73 Å². The zero-order valence-corrected chi connectivity index (χ0v) is 9.02. The lowest BCUT2D eigenvalue weighted by molar-refractivity contribution is -0.0669. The summed E-state index contributed by atoms with van der Waals surface area (Å²) in [6.07, 6.45) is -0.0972. The molecule has 0 aromatic carbocycles. The van der Waals surface area contributed by atoms with Crippen molar-refractivity contribution in [2.45, 2.75) is 45.4 Å². The first-order chi connectivity index (χ1) is 4.87. The van der Waals surface area contributed by atoms with Crippen molar-refractivity contribution in [1.82, 2.24) is 0 Å².